The molecule has 0 saturated carbocycles. The highest BCUT2D eigenvalue weighted by Gasteiger charge is 2.41. The van der Waals surface area contributed by atoms with E-state index in [1.54, 1.807) is 0 Å². The molecule has 174 valence electrons. The monoisotopic (exact) mass is 446 g/mol. The fourth-order valence-corrected chi connectivity index (χ4v) is 5.75. The van der Waals surface area contributed by atoms with Crippen LogP contribution in [0.25, 0.3) is 11.1 Å². The molecule has 0 radical (unpaired) electrons. The standard InChI is InChI=1S/C27H36B2O4/c1-3-4-5-6-7-8-9-14-27(2)25-19-21(28-30-15-16-31-28)10-12-23(25)24-13-11-22(20-26(24)27)29-32-17-18-33-29/h10-13,19-20H,3-9,14-18H2,1-2H3. The van der Waals surface area contributed by atoms with E-state index in [2.05, 4.69) is 50.2 Å². The maximum absolute atomic E-state index is 5.82. The maximum Gasteiger partial charge on any atom is 0.494 e. The van der Waals surface area contributed by atoms with Gasteiger partial charge in [-0.1, -0.05) is 95.2 Å². The van der Waals surface area contributed by atoms with Crippen molar-refractivity contribution in [1.82, 2.24) is 0 Å². The molecule has 5 rings (SSSR count). The topological polar surface area (TPSA) is 36.9 Å². The molecule has 0 aromatic heterocycles. The number of hydrogen-bond acceptors (Lipinski definition) is 4. The van der Waals surface area contributed by atoms with E-state index in [0.717, 1.165) is 17.3 Å². The van der Waals surface area contributed by atoms with Gasteiger partial charge in [0.05, 0.1) is 26.4 Å². The van der Waals surface area contributed by atoms with Gasteiger partial charge < -0.3 is 18.6 Å². The molecular weight excluding hydrogens is 410 g/mol. The summed E-state index contributed by atoms with van der Waals surface area (Å²) in [4.78, 5) is 0. The molecule has 4 nitrogen and oxygen atoms in total. The molecule has 2 aromatic carbocycles. The van der Waals surface area contributed by atoms with Crippen molar-refractivity contribution in [3.05, 3.63) is 47.5 Å². The van der Waals surface area contributed by atoms with E-state index >= 15 is 0 Å². The van der Waals surface area contributed by atoms with Gasteiger partial charge in [0.1, 0.15) is 0 Å². The maximum atomic E-state index is 5.82. The second-order valence-electron chi connectivity index (χ2n) is 9.96. The Bertz CT molecular complexity index is 886. The summed E-state index contributed by atoms with van der Waals surface area (Å²) < 4.78 is 23.3. The van der Waals surface area contributed by atoms with Gasteiger partial charge in [0.15, 0.2) is 0 Å². The molecule has 2 fully saturated rings. The molecule has 2 saturated heterocycles. The lowest BCUT2D eigenvalue weighted by Crippen LogP contribution is -2.34. The van der Waals surface area contributed by atoms with Crippen LogP contribution < -0.4 is 10.9 Å². The minimum absolute atomic E-state index is 0.0304. The summed E-state index contributed by atoms with van der Waals surface area (Å²) >= 11 is 0. The summed E-state index contributed by atoms with van der Waals surface area (Å²) in [6, 6.07) is 13.6. The van der Waals surface area contributed by atoms with Crippen molar-refractivity contribution in [2.45, 2.75) is 70.6 Å². The van der Waals surface area contributed by atoms with Gasteiger partial charge >= 0.3 is 14.2 Å². The molecular formula is C27H36B2O4. The van der Waals surface area contributed by atoms with Crippen molar-refractivity contribution >= 4 is 25.2 Å². The number of benzene rings is 2. The van der Waals surface area contributed by atoms with Crippen molar-refractivity contribution in [2.24, 2.45) is 0 Å². The molecule has 3 aliphatic rings. The van der Waals surface area contributed by atoms with Gasteiger partial charge in [-0.2, -0.15) is 0 Å². The lowest BCUT2D eigenvalue weighted by atomic mass is 9.70. The Kier molecular flexibility index (Phi) is 7.27. The SMILES string of the molecule is CCCCCCCCCC1(C)c2cc(B3OCCO3)ccc2-c2ccc(B3OCCO3)cc21. The molecule has 2 aromatic rings. The van der Waals surface area contributed by atoms with Crippen LogP contribution in [-0.2, 0) is 24.0 Å². The lowest BCUT2D eigenvalue weighted by Gasteiger charge is -2.28. The number of fused-ring (bicyclic) bond motifs is 3. The average molecular weight is 446 g/mol. The van der Waals surface area contributed by atoms with E-state index in [1.165, 1.54) is 67.2 Å². The van der Waals surface area contributed by atoms with Crippen LogP contribution in [0.3, 0.4) is 0 Å². The highest BCUT2D eigenvalue weighted by Crippen LogP contribution is 2.50. The van der Waals surface area contributed by atoms with Crippen molar-refractivity contribution in [2.75, 3.05) is 26.4 Å². The fourth-order valence-electron chi connectivity index (χ4n) is 5.75. The third-order valence-electron chi connectivity index (χ3n) is 7.63. The summed E-state index contributed by atoms with van der Waals surface area (Å²) in [5, 5.41) is 0. The Morgan fingerprint density at radius 1 is 0.667 bits per heavy atom. The van der Waals surface area contributed by atoms with Gasteiger partial charge in [0.2, 0.25) is 0 Å². The molecule has 2 heterocycles. The van der Waals surface area contributed by atoms with Crippen LogP contribution in [0.1, 0.15) is 76.3 Å². The van der Waals surface area contributed by atoms with Crippen LogP contribution in [0.2, 0.25) is 0 Å². The van der Waals surface area contributed by atoms with Crippen LogP contribution in [0.5, 0.6) is 0 Å². The van der Waals surface area contributed by atoms with Gasteiger partial charge in [-0.3, -0.25) is 0 Å². The minimum Gasteiger partial charge on any atom is -0.405 e. The van der Waals surface area contributed by atoms with E-state index in [-0.39, 0.29) is 19.7 Å². The van der Waals surface area contributed by atoms with E-state index < -0.39 is 0 Å². The van der Waals surface area contributed by atoms with E-state index in [0.29, 0.717) is 26.4 Å². The Morgan fingerprint density at radius 2 is 1.12 bits per heavy atom. The Hall–Kier alpha value is -1.59. The number of rotatable bonds is 10. The first kappa shape index (κ1) is 23.2. The molecule has 0 amide bonds. The van der Waals surface area contributed by atoms with Crippen LogP contribution in [-0.4, -0.2) is 40.7 Å². The third kappa shape index (κ3) is 4.68. The fraction of sp³-hybridized carbons (Fsp3) is 0.556. The van der Waals surface area contributed by atoms with E-state index in [4.69, 9.17) is 18.6 Å². The van der Waals surface area contributed by atoms with Crippen molar-refractivity contribution in [1.29, 1.82) is 0 Å². The van der Waals surface area contributed by atoms with Crippen LogP contribution >= 0.6 is 0 Å². The van der Waals surface area contributed by atoms with Gasteiger partial charge in [0.25, 0.3) is 0 Å². The predicted octanol–water partition coefficient (Wildman–Crippen LogP) is 4.60. The molecule has 0 atom stereocenters. The first-order valence-corrected chi connectivity index (χ1v) is 13.0. The minimum atomic E-state index is -0.238. The summed E-state index contributed by atoms with van der Waals surface area (Å²) in [6.07, 6.45) is 10.4. The van der Waals surface area contributed by atoms with Crippen LogP contribution in [0.15, 0.2) is 36.4 Å². The van der Waals surface area contributed by atoms with Gasteiger partial charge in [-0.25, -0.2) is 0 Å². The summed E-state index contributed by atoms with van der Waals surface area (Å²) in [7, 11) is -0.477. The Balaban J connectivity index is 1.42. The largest absolute Gasteiger partial charge is 0.494 e. The molecule has 1 aliphatic carbocycles. The Labute approximate surface area is 199 Å². The normalized spacial score (nSPS) is 18.7. The lowest BCUT2D eigenvalue weighted by molar-refractivity contribution is 0.365. The van der Waals surface area contributed by atoms with Gasteiger partial charge in [0, 0.05) is 5.41 Å². The zero-order valence-electron chi connectivity index (χ0n) is 20.2. The predicted molar refractivity (Wildman–Crippen MR) is 136 cm³/mol. The third-order valence-corrected chi connectivity index (χ3v) is 7.63. The number of hydrogen-bond donors (Lipinski definition) is 0. The van der Waals surface area contributed by atoms with Crippen molar-refractivity contribution in [3.63, 3.8) is 0 Å². The van der Waals surface area contributed by atoms with Gasteiger partial charge in [-0.15, -0.1) is 0 Å². The summed E-state index contributed by atoms with van der Waals surface area (Å²) in [5.74, 6) is 0. The highest BCUT2D eigenvalue weighted by atomic mass is 16.6. The average Bonchev–Trinajstić information content (AvgIpc) is 3.60. The summed E-state index contributed by atoms with van der Waals surface area (Å²) in [6.45, 7) is 7.38. The van der Waals surface area contributed by atoms with Crippen molar-refractivity contribution < 1.29 is 18.6 Å². The highest BCUT2D eigenvalue weighted by molar-refractivity contribution is 6.62. The van der Waals surface area contributed by atoms with E-state index in [9.17, 15) is 0 Å². The van der Waals surface area contributed by atoms with E-state index in [1.807, 2.05) is 0 Å². The van der Waals surface area contributed by atoms with Crippen molar-refractivity contribution in [3.8, 4) is 11.1 Å². The Morgan fingerprint density at radius 3 is 1.61 bits per heavy atom. The second kappa shape index (κ2) is 10.4. The molecule has 0 unspecified atom stereocenters. The summed E-state index contributed by atoms with van der Waals surface area (Å²) in [5.41, 5.74) is 7.74. The molecule has 0 spiro atoms. The first-order chi connectivity index (χ1) is 16.2. The zero-order valence-corrected chi connectivity index (χ0v) is 20.2. The molecule has 2 aliphatic heterocycles. The molecule has 0 bridgehead atoms. The molecule has 0 N–H and O–H groups in total. The zero-order chi connectivity index (χ0) is 22.7. The smallest absolute Gasteiger partial charge is 0.405 e. The second-order valence-corrected chi connectivity index (χ2v) is 9.96. The quantitative estimate of drug-likeness (QED) is 0.395. The number of unbranched alkanes of at least 4 members (excludes halogenated alkanes) is 6. The van der Waals surface area contributed by atoms with Crippen LogP contribution in [0.4, 0.5) is 0 Å². The molecule has 33 heavy (non-hydrogen) atoms. The molecule has 6 heteroatoms. The van der Waals surface area contributed by atoms with Gasteiger partial charge in [-0.05, 0) is 39.6 Å². The van der Waals surface area contributed by atoms with Crippen LogP contribution in [0, 0.1) is 0 Å². The first-order valence-electron chi connectivity index (χ1n) is 13.0.